The number of nitrogens with two attached hydrogens (primary N) is 1. The molecular formula is C34H32F3NO10. The molecule has 4 aromatic rings. The van der Waals surface area contributed by atoms with E-state index in [1.807, 2.05) is 0 Å². The number of hydrogen-bond acceptors (Lipinski definition) is 10. The Hall–Kier alpha value is -4.92. The van der Waals surface area contributed by atoms with Crippen LogP contribution in [0.25, 0.3) is 22.1 Å². The van der Waals surface area contributed by atoms with Gasteiger partial charge in [0.25, 0.3) is 0 Å². The molecule has 1 aromatic heterocycles. The maximum Gasteiger partial charge on any atom is 0.416 e. The molecule has 0 saturated carbocycles. The van der Waals surface area contributed by atoms with Gasteiger partial charge in [-0.05, 0) is 62.2 Å². The maximum absolute atomic E-state index is 13.2. The van der Waals surface area contributed by atoms with E-state index < -0.39 is 71.6 Å². The van der Waals surface area contributed by atoms with Crippen LogP contribution in [0.5, 0.6) is 11.5 Å². The van der Waals surface area contributed by atoms with Crippen LogP contribution < -0.4 is 16.1 Å². The molecule has 1 aliphatic heterocycles. The standard InChI is InChI=1S/C34H32F3NO10/c1-16-24(45-31-26(41)28(47-32(38)43)29(44-4)33(2,3)48-31)13-12-21-25(40)22(30(42)46-27(16)21)15-23(39)19-7-5-6-18(14-19)17-8-10-20(11-9-17)34(35,36)37/h5-14,26,28-29,31,40-41H,15H2,1-4H3,(H2,38,43)/t26-,28+,29-,31-/m1/s1. The van der Waals surface area contributed by atoms with Gasteiger partial charge in [0, 0.05) is 24.7 Å². The molecule has 1 aliphatic rings. The van der Waals surface area contributed by atoms with Crippen molar-refractivity contribution in [1.29, 1.82) is 0 Å². The van der Waals surface area contributed by atoms with Gasteiger partial charge < -0.3 is 39.3 Å². The third-order valence-electron chi connectivity index (χ3n) is 8.17. The predicted molar refractivity (Wildman–Crippen MR) is 165 cm³/mol. The smallest absolute Gasteiger partial charge is 0.416 e. The lowest BCUT2D eigenvalue weighted by Gasteiger charge is -2.47. The summed E-state index contributed by atoms with van der Waals surface area (Å²) in [5.41, 5.74) is 3.27. The Morgan fingerprint density at radius 3 is 2.35 bits per heavy atom. The van der Waals surface area contributed by atoms with Crippen molar-refractivity contribution in [3.8, 4) is 22.6 Å². The molecule has 3 aromatic carbocycles. The van der Waals surface area contributed by atoms with Crippen LogP contribution in [0.15, 0.2) is 69.9 Å². The molecule has 4 atom stereocenters. The Bertz CT molecular complexity index is 1920. The van der Waals surface area contributed by atoms with Crippen LogP contribution in [0.4, 0.5) is 18.0 Å². The molecule has 254 valence electrons. The number of fused-ring (bicyclic) bond motifs is 1. The van der Waals surface area contributed by atoms with Crippen LogP contribution in [0.1, 0.15) is 40.9 Å². The number of carbonyl (C=O) groups excluding carboxylic acids is 2. The highest BCUT2D eigenvalue weighted by Crippen LogP contribution is 2.38. The predicted octanol–water partition coefficient (Wildman–Crippen LogP) is 5.27. The van der Waals surface area contributed by atoms with Gasteiger partial charge in [0.2, 0.25) is 6.29 Å². The Morgan fingerprint density at radius 2 is 1.73 bits per heavy atom. The van der Waals surface area contributed by atoms with Crippen LogP contribution in [-0.4, -0.2) is 59.4 Å². The second-order valence-corrected chi connectivity index (χ2v) is 11.8. The Morgan fingerprint density at radius 1 is 1.04 bits per heavy atom. The summed E-state index contributed by atoms with van der Waals surface area (Å²) in [5, 5.41) is 22.1. The van der Waals surface area contributed by atoms with Gasteiger partial charge in [-0.15, -0.1) is 0 Å². The molecule has 2 heterocycles. The molecule has 1 fully saturated rings. The molecule has 0 aliphatic carbocycles. The highest BCUT2D eigenvalue weighted by atomic mass is 19.4. The van der Waals surface area contributed by atoms with E-state index in [0.29, 0.717) is 11.1 Å². The van der Waals surface area contributed by atoms with E-state index in [2.05, 4.69) is 0 Å². The number of primary amides is 1. The van der Waals surface area contributed by atoms with Crippen LogP contribution in [-0.2, 0) is 26.8 Å². The van der Waals surface area contributed by atoms with E-state index in [9.17, 15) is 37.8 Å². The fourth-order valence-corrected chi connectivity index (χ4v) is 5.74. The number of aryl methyl sites for hydroxylation is 1. The van der Waals surface area contributed by atoms with E-state index in [1.54, 1.807) is 26.0 Å². The largest absolute Gasteiger partial charge is 0.507 e. The first-order chi connectivity index (χ1) is 22.5. The number of aliphatic hydroxyl groups excluding tert-OH is 1. The van der Waals surface area contributed by atoms with E-state index in [1.165, 1.54) is 50.4 Å². The first-order valence-corrected chi connectivity index (χ1v) is 14.6. The van der Waals surface area contributed by atoms with Crippen molar-refractivity contribution in [2.24, 2.45) is 5.73 Å². The van der Waals surface area contributed by atoms with Crippen molar-refractivity contribution >= 4 is 22.8 Å². The van der Waals surface area contributed by atoms with Gasteiger partial charge in [-0.3, -0.25) is 4.79 Å². The number of ketones is 1. The summed E-state index contributed by atoms with van der Waals surface area (Å²) < 4.78 is 66.8. The number of rotatable bonds is 8. The van der Waals surface area contributed by atoms with Gasteiger partial charge in [-0.25, -0.2) is 9.59 Å². The van der Waals surface area contributed by atoms with Crippen molar-refractivity contribution in [2.45, 2.75) is 63.6 Å². The summed E-state index contributed by atoms with van der Waals surface area (Å²) in [5.74, 6) is -0.936. The van der Waals surface area contributed by atoms with Crippen molar-refractivity contribution in [3.63, 3.8) is 0 Å². The molecule has 5 rings (SSSR count). The van der Waals surface area contributed by atoms with Crippen LogP contribution >= 0.6 is 0 Å². The summed E-state index contributed by atoms with van der Waals surface area (Å²) in [7, 11) is 1.35. The highest BCUT2D eigenvalue weighted by molar-refractivity contribution is 6.00. The lowest BCUT2D eigenvalue weighted by atomic mass is 9.89. The van der Waals surface area contributed by atoms with E-state index >= 15 is 0 Å². The third kappa shape index (κ3) is 6.72. The number of Topliss-reactive ketones (excluding diaryl/α,β-unsaturated/α-hetero) is 1. The first kappa shape index (κ1) is 34.4. The monoisotopic (exact) mass is 671 g/mol. The molecule has 0 radical (unpaired) electrons. The van der Waals surface area contributed by atoms with Crippen LogP contribution in [0, 0.1) is 6.92 Å². The normalized spacial score (nSPS) is 20.8. The van der Waals surface area contributed by atoms with Gasteiger partial charge in [-0.1, -0.05) is 30.3 Å². The number of carbonyl (C=O) groups is 2. The fraction of sp³-hybridized carbons (Fsp3) is 0.324. The molecule has 1 saturated heterocycles. The average Bonchev–Trinajstić information content (AvgIpc) is 3.02. The second kappa shape index (κ2) is 12.9. The van der Waals surface area contributed by atoms with E-state index in [0.717, 1.165) is 12.1 Å². The van der Waals surface area contributed by atoms with Gasteiger partial charge >= 0.3 is 17.9 Å². The first-order valence-electron chi connectivity index (χ1n) is 14.6. The third-order valence-corrected chi connectivity index (χ3v) is 8.17. The molecule has 0 unspecified atom stereocenters. The second-order valence-electron chi connectivity index (χ2n) is 11.8. The van der Waals surface area contributed by atoms with Gasteiger partial charge in [0.15, 0.2) is 18.0 Å². The molecule has 1 amide bonds. The zero-order valence-electron chi connectivity index (χ0n) is 26.2. The van der Waals surface area contributed by atoms with Crippen LogP contribution in [0.2, 0.25) is 0 Å². The molecule has 11 nitrogen and oxygen atoms in total. The number of hydrogen-bond donors (Lipinski definition) is 3. The Labute approximate surface area is 271 Å². The lowest BCUT2D eigenvalue weighted by Crippen LogP contribution is -2.65. The van der Waals surface area contributed by atoms with E-state index in [4.69, 9.17) is 29.1 Å². The molecular weight excluding hydrogens is 639 g/mol. The quantitative estimate of drug-likeness (QED) is 0.166. The number of amides is 1. The number of ether oxygens (including phenoxy) is 4. The zero-order chi connectivity index (χ0) is 35.1. The van der Waals surface area contributed by atoms with Crippen molar-refractivity contribution in [3.05, 3.63) is 93.3 Å². The Kier molecular flexibility index (Phi) is 9.28. The SMILES string of the molecule is CO[C@@H]1[C@@H](OC(N)=O)[C@@H](O)[C@H](Oc2ccc3c(O)c(CC(=O)c4cccc(-c5ccc(C(F)(F)F)cc5)c4)c(=O)oc3c2C)OC1(C)C. The number of alkyl halides is 3. The minimum Gasteiger partial charge on any atom is -0.507 e. The molecule has 0 bridgehead atoms. The summed E-state index contributed by atoms with van der Waals surface area (Å²) in [6.07, 6.45) is -11.2. The van der Waals surface area contributed by atoms with Gasteiger partial charge in [0.1, 0.15) is 23.2 Å². The number of aliphatic hydroxyl groups is 1. The number of methoxy groups -OCH3 is 1. The number of halogens is 3. The minimum absolute atomic E-state index is 0.0558. The summed E-state index contributed by atoms with van der Waals surface area (Å²) in [6, 6.07) is 13.5. The number of aromatic hydroxyl groups is 1. The van der Waals surface area contributed by atoms with Crippen LogP contribution in [0.3, 0.4) is 0 Å². The average molecular weight is 672 g/mol. The summed E-state index contributed by atoms with van der Waals surface area (Å²) >= 11 is 0. The van der Waals surface area contributed by atoms with Gasteiger partial charge in [0.05, 0.1) is 22.1 Å². The molecule has 0 spiro atoms. The number of benzene rings is 3. The van der Waals surface area contributed by atoms with Crippen molar-refractivity contribution in [1.82, 2.24) is 0 Å². The minimum atomic E-state index is -4.49. The maximum atomic E-state index is 13.2. The van der Waals surface area contributed by atoms with Crippen molar-refractivity contribution in [2.75, 3.05) is 7.11 Å². The van der Waals surface area contributed by atoms with E-state index in [-0.39, 0.29) is 33.4 Å². The summed E-state index contributed by atoms with van der Waals surface area (Å²) in [4.78, 5) is 37.9. The van der Waals surface area contributed by atoms with Gasteiger partial charge in [-0.2, -0.15) is 13.2 Å². The summed E-state index contributed by atoms with van der Waals surface area (Å²) in [6.45, 7) is 4.81. The molecule has 14 heteroatoms. The van der Waals surface area contributed by atoms with Crippen molar-refractivity contribution < 1.29 is 56.3 Å². The Balaban J connectivity index is 1.40. The molecule has 48 heavy (non-hydrogen) atoms. The highest BCUT2D eigenvalue weighted by Gasteiger charge is 2.53. The zero-order valence-corrected chi connectivity index (χ0v) is 26.2. The topological polar surface area (TPSA) is 168 Å². The molecule has 4 N–H and O–H groups in total. The lowest BCUT2D eigenvalue weighted by molar-refractivity contribution is -0.304. The fourth-order valence-electron chi connectivity index (χ4n) is 5.74.